The Morgan fingerprint density at radius 3 is 1.53 bits per heavy atom. The molecule has 0 amide bonds. The van der Waals surface area contributed by atoms with E-state index in [4.69, 9.17) is 18.9 Å². The second-order valence-electron chi connectivity index (χ2n) is 8.02. The number of para-hydroxylation sites is 4. The van der Waals surface area contributed by atoms with Gasteiger partial charge in [-0.25, -0.2) is 0 Å². The molecule has 2 N–H and O–H groups in total. The van der Waals surface area contributed by atoms with Crippen LogP contribution < -0.4 is 29.6 Å². The van der Waals surface area contributed by atoms with E-state index in [1.807, 2.05) is 48.5 Å². The zero-order valence-corrected chi connectivity index (χ0v) is 17.8. The number of fused-ring (bicyclic) bond motifs is 2. The maximum absolute atomic E-state index is 6.07. The average molecular weight is 413 g/mol. The molecule has 0 aromatic heterocycles. The van der Waals surface area contributed by atoms with E-state index in [1.165, 1.54) is 0 Å². The molecule has 2 aliphatic heterocycles. The molecule has 2 aromatic rings. The van der Waals surface area contributed by atoms with Crippen molar-refractivity contribution in [1.82, 2.24) is 10.6 Å². The summed E-state index contributed by atoms with van der Waals surface area (Å²) in [5, 5.41) is 7.14. The Hall–Kier alpha value is -2.44. The van der Waals surface area contributed by atoms with Crippen molar-refractivity contribution in [3.8, 4) is 23.0 Å². The molecule has 162 valence electrons. The summed E-state index contributed by atoms with van der Waals surface area (Å²) in [5.74, 6) is 3.32. The number of rotatable bonds is 9. The SMILES string of the molecule is C[C@H](NCCCCN[C@H](C)[C@@H]1COc2ccccc2O1)[C@H]1COc2ccccc2O1. The van der Waals surface area contributed by atoms with Crippen LogP contribution in [0.4, 0.5) is 0 Å². The van der Waals surface area contributed by atoms with Gasteiger partial charge in [0.1, 0.15) is 25.4 Å². The van der Waals surface area contributed by atoms with Crippen molar-refractivity contribution in [3.63, 3.8) is 0 Å². The fourth-order valence-electron chi connectivity index (χ4n) is 3.74. The largest absolute Gasteiger partial charge is 0.486 e. The lowest BCUT2D eigenvalue weighted by molar-refractivity contribution is 0.0656. The van der Waals surface area contributed by atoms with Crippen LogP contribution in [0.1, 0.15) is 26.7 Å². The van der Waals surface area contributed by atoms with E-state index in [0.717, 1.165) is 48.9 Å². The zero-order valence-electron chi connectivity index (χ0n) is 17.8. The van der Waals surface area contributed by atoms with Crippen molar-refractivity contribution in [2.45, 2.75) is 51.0 Å². The van der Waals surface area contributed by atoms with Crippen LogP contribution >= 0.6 is 0 Å². The third-order valence-corrected chi connectivity index (χ3v) is 5.71. The number of nitrogens with one attached hydrogen (secondary N) is 2. The summed E-state index contributed by atoms with van der Waals surface area (Å²) in [4.78, 5) is 0. The van der Waals surface area contributed by atoms with Gasteiger partial charge >= 0.3 is 0 Å². The van der Waals surface area contributed by atoms with Crippen LogP contribution in [-0.4, -0.2) is 50.6 Å². The molecule has 2 aromatic carbocycles. The van der Waals surface area contributed by atoms with Gasteiger partial charge in [-0.3, -0.25) is 0 Å². The highest BCUT2D eigenvalue weighted by Crippen LogP contribution is 2.32. The summed E-state index contributed by atoms with van der Waals surface area (Å²) in [6.07, 6.45) is 2.26. The monoisotopic (exact) mass is 412 g/mol. The van der Waals surface area contributed by atoms with Crippen LogP contribution in [0.2, 0.25) is 0 Å². The minimum absolute atomic E-state index is 0.0318. The number of hydrogen-bond donors (Lipinski definition) is 2. The lowest BCUT2D eigenvalue weighted by Crippen LogP contribution is -2.47. The van der Waals surface area contributed by atoms with E-state index in [0.29, 0.717) is 13.2 Å². The van der Waals surface area contributed by atoms with Crippen molar-refractivity contribution in [3.05, 3.63) is 48.5 Å². The molecule has 4 rings (SSSR count). The predicted octanol–water partition coefficient (Wildman–Crippen LogP) is 3.40. The highest BCUT2D eigenvalue weighted by molar-refractivity contribution is 5.41. The first-order valence-electron chi connectivity index (χ1n) is 10.9. The molecule has 0 unspecified atom stereocenters. The molecule has 0 radical (unpaired) electrons. The molecule has 6 nitrogen and oxygen atoms in total. The molecule has 4 atom stereocenters. The van der Waals surface area contributed by atoms with Gasteiger partial charge in [0.05, 0.1) is 0 Å². The van der Waals surface area contributed by atoms with Crippen LogP contribution in [-0.2, 0) is 0 Å². The van der Waals surface area contributed by atoms with Gasteiger partial charge in [-0.15, -0.1) is 0 Å². The third kappa shape index (κ3) is 5.18. The molecule has 2 heterocycles. The Bertz CT molecular complexity index is 748. The molecule has 0 aliphatic carbocycles. The van der Waals surface area contributed by atoms with Gasteiger partial charge in [-0.2, -0.15) is 0 Å². The third-order valence-electron chi connectivity index (χ3n) is 5.71. The molecule has 2 aliphatic rings. The standard InChI is InChI=1S/C24H32N2O4/c1-17(23-15-27-19-9-3-5-11-21(19)29-23)25-13-7-8-14-26-18(2)24-16-28-20-10-4-6-12-22(20)30-24/h3-6,9-12,17-18,23-26H,7-8,13-16H2,1-2H3/t17-,18+,23+,24-. The lowest BCUT2D eigenvalue weighted by Gasteiger charge is -2.31. The summed E-state index contributed by atoms with van der Waals surface area (Å²) in [6.45, 7) is 7.37. The molecule has 30 heavy (non-hydrogen) atoms. The van der Waals surface area contributed by atoms with Gasteiger partial charge < -0.3 is 29.6 Å². The van der Waals surface area contributed by atoms with Gasteiger partial charge in [-0.05, 0) is 64.0 Å². The maximum atomic E-state index is 6.07. The number of unbranched alkanes of at least 4 members (excludes halogenated alkanes) is 1. The van der Waals surface area contributed by atoms with Gasteiger partial charge in [0.15, 0.2) is 23.0 Å². The molecule has 0 saturated carbocycles. The summed E-state index contributed by atoms with van der Waals surface area (Å²) in [6, 6.07) is 16.1. The molecule has 0 bridgehead atoms. The van der Waals surface area contributed by atoms with E-state index in [1.54, 1.807) is 0 Å². The molecule has 6 heteroatoms. The van der Waals surface area contributed by atoms with Crippen LogP contribution in [0, 0.1) is 0 Å². The molecule has 0 spiro atoms. The quantitative estimate of drug-likeness (QED) is 0.616. The number of hydrogen-bond acceptors (Lipinski definition) is 6. The Kier molecular flexibility index (Phi) is 6.97. The second-order valence-corrected chi connectivity index (χ2v) is 8.02. The Morgan fingerprint density at radius 1 is 0.700 bits per heavy atom. The van der Waals surface area contributed by atoms with Crippen LogP contribution in [0.3, 0.4) is 0 Å². The summed E-state index contributed by atoms with van der Waals surface area (Å²) >= 11 is 0. The topological polar surface area (TPSA) is 61.0 Å². The van der Waals surface area contributed by atoms with E-state index in [2.05, 4.69) is 24.5 Å². The zero-order chi connectivity index (χ0) is 20.8. The van der Waals surface area contributed by atoms with Crippen molar-refractivity contribution in [1.29, 1.82) is 0 Å². The molecule has 0 saturated heterocycles. The first kappa shape index (κ1) is 20.8. The summed E-state index contributed by atoms with van der Waals surface area (Å²) in [7, 11) is 0. The van der Waals surface area contributed by atoms with E-state index in [9.17, 15) is 0 Å². The predicted molar refractivity (Wildman–Crippen MR) is 117 cm³/mol. The van der Waals surface area contributed by atoms with Crippen LogP contribution in [0.5, 0.6) is 23.0 Å². The summed E-state index contributed by atoms with van der Waals surface area (Å²) in [5.41, 5.74) is 0. The van der Waals surface area contributed by atoms with Gasteiger partial charge in [-0.1, -0.05) is 24.3 Å². The first-order chi connectivity index (χ1) is 14.7. The van der Waals surface area contributed by atoms with Crippen molar-refractivity contribution >= 4 is 0 Å². The maximum Gasteiger partial charge on any atom is 0.161 e. The van der Waals surface area contributed by atoms with Gasteiger partial charge in [0.25, 0.3) is 0 Å². The van der Waals surface area contributed by atoms with Crippen molar-refractivity contribution in [2.24, 2.45) is 0 Å². The highest BCUT2D eigenvalue weighted by Gasteiger charge is 2.26. The Balaban J connectivity index is 1.10. The number of ether oxygens (including phenoxy) is 4. The van der Waals surface area contributed by atoms with Crippen molar-refractivity contribution < 1.29 is 18.9 Å². The van der Waals surface area contributed by atoms with E-state index < -0.39 is 0 Å². The highest BCUT2D eigenvalue weighted by atomic mass is 16.6. The molecular formula is C24H32N2O4. The minimum Gasteiger partial charge on any atom is -0.486 e. The van der Waals surface area contributed by atoms with E-state index in [-0.39, 0.29) is 24.3 Å². The first-order valence-corrected chi connectivity index (χ1v) is 10.9. The smallest absolute Gasteiger partial charge is 0.161 e. The van der Waals surface area contributed by atoms with E-state index >= 15 is 0 Å². The number of benzene rings is 2. The minimum atomic E-state index is 0.0318. The van der Waals surface area contributed by atoms with Crippen LogP contribution in [0.25, 0.3) is 0 Å². The molecular weight excluding hydrogens is 380 g/mol. The summed E-state index contributed by atoms with van der Waals surface area (Å²) < 4.78 is 23.8. The van der Waals surface area contributed by atoms with Gasteiger partial charge in [0.2, 0.25) is 0 Å². The van der Waals surface area contributed by atoms with Crippen LogP contribution in [0.15, 0.2) is 48.5 Å². The second kappa shape index (κ2) is 10.0. The van der Waals surface area contributed by atoms with Crippen molar-refractivity contribution in [2.75, 3.05) is 26.3 Å². The lowest BCUT2D eigenvalue weighted by atomic mass is 10.1. The fourth-order valence-corrected chi connectivity index (χ4v) is 3.74. The van der Waals surface area contributed by atoms with Gasteiger partial charge in [0, 0.05) is 12.1 Å². The Morgan fingerprint density at radius 2 is 1.10 bits per heavy atom. The fraction of sp³-hybridized carbons (Fsp3) is 0.500. The average Bonchev–Trinajstić information content (AvgIpc) is 2.80. The normalized spacial score (nSPS) is 21.7. The molecule has 0 fully saturated rings. The Labute approximate surface area is 178 Å².